The Balaban J connectivity index is 1.79. The summed E-state index contributed by atoms with van der Waals surface area (Å²) >= 11 is 0. The van der Waals surface area contributed by atoms with E-state index in [1.165, 1.54) is 24.6 Å². The molecule has 0 unspecified atom stereocenters. The van der Waals surface area contributed by atoms with Gasteiger partial charge in [-0.25, -0.2) is 23.5 Å². The molecule has 2 aromatic heterocycles. The quantitative estimate of drug-likeness (QED) is 0.366. The van der Waals surface area contributed by atoms with Crippen molar-refractivity contribution in [2.45, 2.75) is 13.3 Å². The van der Waals surface area contributed by atoms with Crippen molar-refractivity contribution in [3.8, 4) is 11.3 Å². The van der Waals surface area contributed by atoms with Crippen LogP contribution in [0.3, 0.4) is 0 Å². The van der Waals surface area contributed by atoms with E-state index in [2.05, 4.69) is 15.3 Å². The van der Waals surface area contributed by atoms with Gasteiger partial charge in [0.25, 0.3) is 0 Å². The van der Waals surface area contributed by atoms with Gasteiger partial charge in [-0.05, 0) is 42.3 Å². The summed E-state index contributed by atoms with van der Waals surface area (Å²) in [5.74, 6) is -1.70. The van der Waals surface area contributed by atoms with Crippen LogP contribution in [0.2, 0.25) is 0 Å². The maximum atomic E-state index is 14.7. The van der Waals surface area contributed by atoms with Crippen molar-refractivity contribution in [3.05, 3.63) is 107 Å². The fraction of sp³-hybridized carbons (Fsp3) is 0.0800. The van der Waals surface area contributed by atoms with Crippen LogP contribution in [0.15, 0.2) is 77.2 Å². The van der Waals surface area contributed by atoms with Crippen molar-refractivity contribution >= 4 is 17.9 Å². The number of anilines is 1. The molecule has 0 spiro atoms. The molecule has 0 saturated heterocycles. The van der Waals surface area contributed by atoms with Gasteiger partial charge in [-0.1, -0.05) is 30.3 Å². The maximum Gasteiger partial charge on any atom is 0.352 e. The molecule has 0 atom stereocenters. The SMILES string of the molecule is Cc1cccc(-c2cnc(N/C(=C\c3ccco3)C(=O)O)c(Cc3ccccc3F)n2)c1F. The molecule has 0 aliphatic rings. The number of nitrogens with one attached hydrogen (secondary N) is 1. The van der Waals surface area contributed by atoms with Crippen molar-refractivity contribution in [2.75, 3.05) is 5.32 Å². The van der Waals surface area contributed by atoms with E-state index in [0.29, 0.717) is 16.9 Å². The lowest BCUT2D eigenvalue weighted by Gasteiger charge is -2.14. The molecule has 0 fully saturated rings. The Hall–Kier alpha value is -4.33. The van der Waals surface area contributed by atoms with Gasteiger partial charge < -0.3 is 14.8 Å². The molecule has 0 bridgehead atoms. The molecule has 0 amide bonds. The molecule has 4 aromatic rings. The molecule has 0 aliphatic heterocycles. The van der Waals surface area contributed by atoms with E-state index in [1.54, 1.807) is 55.5 Å². The molecular formula is C25H19F2N3O3. The number of rotatable bonds is 7. The predicted octanol–water partition coefficient (Wildman–Crippen LogP) is 5.45. The molecule has 6 nitrogen and oxygen atoms in total. The third kappa shape index (κ3) is 4.95. The van der Waals surface area contributed by atoms with Crippen molar-refractivity contribution in [1.82, 2.24) is 9.97 Å². The lowest BCUT2D eigenvalue weighted by atomic mass is 10.1. The fourth-order valence-electron chi connectivity index (χ4n) is 3.25. The van der Waals surface area contributed by atoms with Crippen LogP contribution in [0.25, 0.3) is 17.3 Å². The lowest BCUT2D eigenvalue weighted by Crippen LogP contribution is -2.14. The van der Waals surface area contributed by atoms with E-state index < -0.39 is 17.6 Å². The summed E-state index contributed by atoms with van der Waals surface area (Å²) in [6.45, 7) is 1.64. The van der Waals surface area contributed by atoms with Gasteiger partial charge in [0.2, 0.25) is 0 Å². The zero-order valence-electron chi connectivity index (χ0n) is 17.5. The average Bonchev–Trinajstić information content (AvgIpc) is 3.31. The summed E-state index contributed by atoms with van der Waals surface area (Å²) in [6, 6.07) is 14.3. The molecule has 4 rings (SSSR count). The van der Waals surface area contributed by atoms with Gasteiger partial charge in [-0.3, -0.25) is 0 Å². The summed E-state index contributed by atoms with van der Waals surface area (Å²) in [5.41, 5.74) is 1.31. The summed E-state index contributed by atoms with van der Waals surface area (Å²) in [5, 5.41) is 12.4. The number of carboxylic acids is 1. The second-order valence-electron chi connectivity index (χ2n) is 7.26. The van der Waals surface area contributed by atoms with Gasteiger partial charge in [0.1, 0.15) is 23.1 Å². The van der Waals surface area contributed by atoms with Gasteiger partial charge in [0.15, 0.2) is 5.82 Å². The molecular weight excluding hydrogens is 428 g/mol. The largest absolute Gasteiger partial charge is 0.477 e. The monoisotopic (exact) mass is 447 g/mol. The number of aryl methyl sites for hydroxylation is 1. The molecule has 33 heavy (non-hydrogen) atoms. The number of nitrogens with zero attached hydrogens (tertiary/aromatic N) is 2. The molecule has 2 aromatic carbocycles. The van der Waals surface area contributed by atoms with Crippen LogP contribution in [0.1, 0.15) is 22.6 Å². The van der Waals surface area contributed by atoms with Crippen LogP contribution in [0, 0.1) is 18.6 Å². The molecule has 2 heterocycles. The highest BCUT2D eigenvalue weighted by Gasteiger charge is 2.18. The van der Waals surface area contributed by atoms with Crippen LogP contribution in [-0.4, -0.2) is 21.0 Å². The van der Waals surface area contributed by atoms with Crippen molar-refractivity contribution in [3.63, 3.8) is 0 Å². The fourth-order valence-corrected chi connectivity index (χ4v) is 3.25. The number of benzene rings is 2. The summed E-state index contributed by atoms with van der Waals surface area (Å²) in [4.78, 5) is 20.6. The van der Waals surface area contributed by atoms with Gasteiger partial charge in [-0.15, -0.1) is 0 Å². The van der Waals surface area contributed by atoms with Crippen molar-refractivity contribution in [2.24, 2.45) is 0 Å². The predicted molar refractivity (Wildman–Crippen MR) is 119 cm³/mol. The van der Waals surface area contributed by atoms with Crippen LogP contribution in [-0.2, 0) is 11.2 Å². The zero-order valence-corrected chi connectivity index (χ0v) is 17.5. The molecule has 8 heteroatoms. The molecule has 2 N–H and O–H groups in total. The number of hydrogen-bond acceptors (Lipinski definition) is 5. The van der Waals surface area contributed by atoms with E-state index in [4.69, 9.17) is 4.42 Å². The van der Waals surface area contributed by atoms with Crippen molar-refractivity contribution in [1.29, 1.82) is 0 Å². The third-order valence-corrected chi connectivity index (χ3v) is 4.94. The third-order valence-electron chi connectivity index (χ3n) is 4.94. The Kier molecular flexibility index (Phi) is 6.26. The Labute approximate surface area is 188 Å². The van der Waals surface area contributed by atoms with Crippen LogP contribution >= 0.6 is 0 Å². The number of aromatic nitrogens is 2. The Morgan fingerprint density at radius 2 is 1.94 bits per heavy atom. The zero-order chi connectivity index (χ0) is 23.4. The highest BCUT2D eigenvalue weighted by molar-refractivity contribution is 5.95. The molecule has 166 valence electrons. The Morgan fingerprint density at radius 1 is 1.12 bits per heavy atom. The van der Waals surface area contributed by atoms with E-state index in [-0.39, 0.29) is 34.9 Å². The van der Waals surface area contributed by atoms with Gasteiger partial charge >= 0.3 is 5.97 Å². The number of aliphatic carboxylic acids is 1. The van der Waals surface area contributed by atoms with Crippen LogP contribution < -0.4 is 5.32 Å². The van der Waals surface area contributed by atoms with E-state index in [0.717, 1.165) is 0 Å². The highest BCUT2D eigenvalue weighted by Crippen LogP contribution is 2.26. The first-order valence-corrected chi connectivity index (χ1v) is 10.0. The lowest BCUT2D eigenvalue weighted by molar-refractivity contribution is -0.132. The first kappa shape index (κ1) is 21.9. The van der Waals surface area contributed by atoms with Gasteiger partial charge in [0.05, 0.1) is 23.8 Å². The van der Waals surface area contributed by atoms with E-state index in [1.807, 2.05) is 0 Å². The number of carbonyl (C=O) groups is 1. The maximum absolute atomic E-state index is 14.7. The van der Waals surface area contributed by atoms with Gasteiger partial charge in [-0.2, -0.15) is 0 Å². The number of carboxylic acid groups (broad SMARTS) is 1. The molecule has 0 aliphatic carbocycles. The Morgan fingerprint density at radius 3 is 2.67 bits per heavy atom. The number of hydrogen-bond donors (Lipinski definition) is 2. The average molecular weight is 447 g/mol. The number of halogens is 2. The van der Waals surface area contributed by atoms with Crippen molar-refractivity contribution < 1.29 is 23.1 Å². The normalized spacial score (nSPS) is 11.4. The number of furan rings is 1. The van der Waals surface area contributed by atoms with Crippen LogP contribution in [0.5, 0.6) is 0 Å². The summed E-state index contributed by atoms with van der Waals surface area (Å²) < 4.78 is 34.2. The van der Waals surface area contributed by atoms with Crippen LogP contribution in [0.4, 0.5) is 14.6 Å². The topological polar surface area (TPSA) is 88.2 Å². The first-order valence-electron chi connectivity index (χ1n) is 10.0. The Bertz CT molecular complexity index is 1330. The van der Waals surface area contributed by atoms with Gasteiger partial charge in [0, 0.05) is 18.1 Å². The minimum absolute atomic E-state index is 0.0108. The molecule has 0 radical (unpaired) electrons. The van der Waals surface area contributed by atoms with E-state index >= 15 is 0 Å². The molecule has 0 saturated carbocycles. The second-order valence-corrected chi connectivity index (χ2v) is 7.26. The smallest absolute Gasteiger partial charge is 0.352 e. The minimum Gasteiger partial charge on any atom is -0.477 e. The summed E-state index contributed by atoms with van der Waals surface area (Å²) in [6.07, 6.45) is 4.07. The summed E-state index contributed by atoms with van der Waals surface area (Å²) in [7, 11) is 0. The van der Waals surface area contributed by atoms with E-state index in [9.17, 15) is 18.7 Å². The highest BCUT2D eigenvalue weighted by atomic mass is 19.1. The minimum atomic E-state index is -1.25. The second kappa shape index (κ2) is 9.44. The standard InChI is InChI=1S/C25H19F2N3O3/c1-15-6-4-9-18(23(15)27)22-14-28-24(20(29-22)12-16-7-2-3-10-19(16)26)30-21(25(31)32)13-17-8-5-11-33-17/h2-11,13-14H,12H2,1H3,(H,28,30)(H,31,32)/b21-13-. The first-order chi connectivity index (χ1) is 15.9.